The van der Waals surface area contributed by atoms with Crippen LogP contribution in [0.15, 0.2) is 22.7 Å². The van der Waals surface area contributed by atoms with Gasteiger partial charge in [-0.1, -0.05) is 29.8 Å². The lowest BCUT2D eigenvalue weighted by atomic mass is 9.84. The van der Waals surface area contributed by atoms with Crippen molar-refractivity contribution in [3.8, 4) is 0 Å². The van der Waals surface area contributed by atoms with E-state index in [2.05, 4.69) is 40.4 Å². The molecule has 0 aliphatic carbocycles. The maximum atomic E-state index is 13.9. The quantitative estimate of drug-likeness (QED) is 0.868. The summed E-state index contributed by atoms with van der Waals surface area (Å²) in [5, 5.41) is 6.85. The van der Waals surface area contributed by atoms with E-state index in [-0.39, 0.29) is 11.2 Å². The summed E-state index contributed by atoms with van der Waals surface area (Å²) in [5.74, 6) is 0.584. The first-order valence-corrected chi connectivity index (χ1v) is 7.65. The third-order valence-electron chi connectivity index (χ3n) is 3.82. The zero-order chi connectivity index (χ0) is 13.9. The summed E-state index contributed by atoms with van der Waals surface area (Å²) in [6.07, 6.45) is 1.23. The van der Waals surface area contributed by atoms with Crippen molar-refractivity contribution >= 4 is 15.9 Å². The molecule has 0 aromatic heterocycles. The molecule has 4 heteroatoms. The zero-order valence-corrected chi connectivity index (χ0v) is 13.2. The van der Waals surface area contributed by atoms with Gasteiger partial charge in [-0.25, -0.2) is 4.39 Å². The number of hydrogen-bond donors (Lipinski definition) is 2. The molecule has 19 heavy (non-hydrogen) atoms. The summed E-state index contributed by atoms with van der Waals surface area (Å²) in [6, 6.07) is 5.16. The minimum absolute atomic E-state index is 0.127. The molecule has 1 atom stereocenters. The molecule has 0 bridgehead atoms. The van der Waals surface area contributed by atoms with Gasteiger partial charge in [0.15, 0.2) is 0 Å². The SMILES string of the molecule is CC(C)(CNCC1CCNC1)c1cc(Br)ccc1F. The number of hydrogen-bond acceptors (Lipinski definition) is 2. The number of rotatable bonds is 5. The van der Waals surface area contributed by atoms with Gasteiger partial charge in [-0.2, -0.15) is 0 Å². The van der Waals surface area contributed by atoms with E-state index < -0.39 is 0 Å². The first-order chi connectivity index (χ1) is 8.99. The first-order valence-electron chi connectivity index (χ1n) is 6.86. The lowest BCUT2D eigenvalue weighted by Gasteiger charge is -2.27. The van der Waals surface area contributed by atoms with Crippen molar-refractivity contribution in [2.75, 3.05) is 26.2 Å². The third-order valence-corrected chi connectivity index (χ3v) is 4.31. The summed E-state index contributed by atoms with van der Waals surface area (Å²) < 4.78 is 14.9. The highest BCUT2D eigenvalue weighted by Gasteiger charge is 2.25. The molecule has 1 unspecified atom stereocenters. The predicted molar refractivity (Wildman–Crippen MR) is 81.0 cm³/mol. The van der Waals surface area contributed by atoms with E-state index in [9.17, 15) is 4.39 Å². The molecule has 2 nitrogen and oxygen atoms in total. The van der Waals surface area contributed by atoms with Crippen LogP contribution < -0.4 is 10.6 Å². The second kappa shape index (κ2) is 6.33. The average Bonchev–Trinajstić information content (AvgIpc) is 2.85. The molecule has 2 N–H and O–H groups in total. The number of benzene rings is 1. The Morgan fingerprint density at radius 3 is 2.95 bits per heavy atom. The van der Waals surface area contributed by atoms with E-state index in [0.717, 1.165) is 36.2 Å². The van der Waals surface area contributed by atoms with Gasteiger partial charge < -0.3 is 10.6 Å². The van der Waals surface area contributed by atoms with Crippen molar-refractivity contribution in [3.63, 3.8) is 0 Å². The Balaban J connectivity index is 1.94. The van der Waals surface area contributed by atoms with E-state index in [1.165, 1.54) is 12.5 Å². The molecular formula is C15H22BrFN2. The van der Waals surface area contributed by atoms with E-state index in [1.54, 1.807) is 6.07 Å². The van der Waals surface area contributed by atoms with Gasteiger partial charge in [-0.15, -0.1) is 0 Å². The van der Waals surface area contributed by atoms with Crippen molar-refractivity contribution in [2.24, 2.45) is 5.92 Å². The maximum absolute atomic E-state index is 13.9. The largest absolute Gasteiger partial charge is 0.316 e. The molecule has 106 valence electrons. The van der Waals surface area contributed by atoms with Crippen LogP contribution in [0.25, 0.3) is 0 Å². The summed E-state index contributed by atoms with van der Waals surface area (Å²) in [5.41, 5.74) is 0.554. The van der Waals surface area contributed by atoms with Gasteiger partial charge >= 0.3 is 0 Å². The first kappa shape index (κ1) is 14.9. The van der Waals surface area contributed by atoms with Gasteiger partial charge in [-0.3, -0.25) is 0 Å². The van der Waals surface area contributed by atoms with Crippen LogP contribution in [0, 0.1) is 11.7 Å². The van der Waals surface area contributed by atoms with Gasteiger partial charge in [0, 0.05) is 16.4 Å². The van der Waals surface area contributed by atoms with Crippen LogP contribution in [0.1, 0.15) is 25.8 Å². The Labute approximate surface area is 123 Å². The van der Waals surface area contributed by atoms with E-state index >= 15 is 0 Å². The maximum Gasteiger partial charge on any atom is 0.127 e. The number of nitrogens with one attached hydrogen (secondary N) is 2. The van der Waals surface area contributed by atoms with E-state index in [1.807, 2.05) is 6.07 Å². The summed E-state index contributed by atoms with van der Waals surface area (Å²) in [7, 11) is 0. The number of halogens is 2. The molecular weight excluding hydrogens is 307 g/mol. The van der Waals surface area contributed by atoms with E-state index in [0.29, 0.717) is 5.92 Å². The predicted octanol–water partition coefficient (Wildman–Crippen LogP) is 3.06. The van der Waals surface area contributed by atoms with Crippen LogP contribution in [-0.2, 0) is 5.41 Å². The monoisotopic (exact) mass is 328 g/mol. The Bertz CT molecular complexity index is 428. The van der Waals surface area contributed by atoms with Crippen molar-refractivity contribution in [3.05, 3.63) is 34.1 Å². The molecule has 1 aliphatic heterocycles. The lowest BCUT2D eigenvalue weighted by molar-refractivity contribution is 0.417. The van der Waals surface area contributed by atoms with Crippen LogP contribution >= 0.6 is 15.9 Å². The second-order valence-electron chi connectivity index (χ2n) is 6.00. The highest BCUT2D eigenvalue weighted by molar-refractivity contribution is 9.10. The molecule has 1 heterocycles. The van der Waals surface area contributed by atoms with Crippen molar-refractivity contribution < 1.29 is 4.39 Å². The zero-order valence-electron chi connectivity index (χ0n) is 11.6. The molecule has 1 fully saturated rings. The van der Waals surface area contributed by atoms with Gasteiger partial charge in [0.25, 0.3) is 0 Å². The molecule has 1 aromatic rings. The topological polar surface area (TPSA) is 24.1 Å². The molecule has 1 saturated heterocycles. The van der Waals surface area contributed by atoms with Crippen LogP contribution in [0.2, 0.25) is 0 Å². The molecule has 0 radical (unpaired) electrons. The molecule has 0 amide bonds. The Hall–Kier alpha value is -0.450. The normalized spacial score (nSPS) is 19.9. The van der Waals surface area contributed by atoms with Crippen molar-refractivity contribution in [2.45, 2.75) is 25.7 Å². The van der Waals surface area contributed by atoms with Crippen LogP contribution in [0.4, 0.5) is 4.39 Å². The summed E-state index contributed by atoms with van der Waals surface area (Å²) in [4.78, 5) is 0. The van der Waals surface area contributed by atoms with Gasteiger partial charge in [0.05, 0.1) is 0 Å². The minimum atomic E-state index is -0.208. The molecule has 2 rings (SSSR count). The smallest absolute Gasteiger partial charge is 0.127 e. The van der Waals surface area contributed by atoms with Gasteiger partial charge in [0.1, 0.15) is 5.82 Å². The van der Waals surface area contributed by atoms with Crippen molar-refractivity contribution in [1.29, 1.82) is 0 Å². The minimum Gasteiger partial charge on any atom is -0.316 e. The van der Waals surface area contributed by atoms with Gasteiger partial charge in [-0.05, 0) is 55.7 Å². The molecule has 1 aliphatic rings. The van der Waals surface area contributed by atoms with Crippen LogP contribution in [0.5, 0.6) is 0 Å². The average molecular weight is 329 g/mol. The highest BCUT2D eigenvalue weighted by Crippen LogP contribution is 2.28. The second-order valence-corrected chi connectivity index (χ2v) is 6.91. The van der Waals surface area contributed by atoms with Crippen LogP contribution in [0.3, 0.4) is 0 Å². The standard InChI is InChI=1S/C15H22BrFN2/c1-15(2,10-19-9-11-5-6-18-8-11)13-7-12(16)3-4-14(13)17/h3-4,7,11,18-19H,5-6,8-10H2,1-2H3. The Morgan fingerprint density at radius 1 is 1.47 bits per heavy atom. The fraction of sp³-hybridized carbons (Fsp3) is 0.600. The Morgan fingerprint density at radius 2 is 2.26 bits per heavy atom. The van der Waals surface area contributed by atoms with Crippen molar-refractivity contribution in [1.82, 2.24) is 10.6 Å². The van der Waals surface area contributed by atoms with Gasteiger partial charge in [0.2, 0.25) is 0 Å². The molecule has 0 spiro atoms. The van der Waals surface area contributed by atoms with Crippen LogP contribution in [-0.4, -0.2) is 26.2 Å². The Kier molecular flexibility index (Phi) is 4.98. The fourth-order valence-electron chi connectivity index (χ4n) is 2.59. The molecule has 0 saturated carbocycles. The molecule has 1 aromatic carbocycles. The fourth-order valence-corrected chi connectivity index (χ4v) is 2.95. The summed E-state index contributed by atoms with van der Waals surface area (Å²) >= 11 is 3.42. The van der Waals surface area contributed by atoms with E-state index in [4.69, 9.17) is 0 Å². The highest BCUT2D eigenvalue weighted by atomic mass is 79.9. The third kappa shape index (κ3) is 4.01. The lowest BCUT2D eigenvalue weighted by Crippen LogP contribution is -2.36. The summed E-state index contributed by atoms with van der Waals surface area (Å²) in [6.45, 7) is 8.17.